The molecule has 2 aromatic carbocycles. The summed E-state index contributed by atoms with van der Waals surface area (Å²) in [5.74, 6) is -0.753. The molecule has 0 radical (unpaired) electrons. The van der Waals surface area contributed by atoms with E-state index in [1.165, 1.54) is 5.39 Å². The molecule has 0 spiro atoms. The molecule has 1 aliphatic heterocycles. The van der Waals surface area contributed by atoms with Crippen LogP contribution < -0.4 is 5.73 Å². The van der Waals surface area contributed by atoms with Gasteiger partial charge in [-0.15, -0.1) is 0 Å². The smallest absolute Gasteiger partial charge is 0.223 e. The van der Waals surface area contributed by atoms with E-state index in [0.29, 0.717) is 6.54 Å². The number of rotatable bonds is 3. The van der Waals surface area contributed by atoms with E-state index in [2.05, 4.69) is 24.3 Å². The molecule has 0 aromatic heterocycles. The van der Waals surface area contributed by atoms with Gasteiger partial charge in [0.15, 0.2) is 0 Å². The zero-order valence-corrected chi connectivity index (χ0v) is 12.0. The Labute approximate surface area is 123 Å². The normalized spacial score (nSPS) is 20.0. The second-order valence-corrected chi connectivity index (χ2v) is 5.63. The summed E-state index contributed by atoms with van der Waals surface area (Å²) in [6, 6.07) is 14.3. The summed E-state index contributed by atoms with van der Waals surface area (Å²) in [7, 11) is 0. The summed E-state index contributed by atoms with van der Waals surface area (Å²) in [6.07, 6.45) is 0.229. The fraction of sp³-hybridized carbons (Fsp3) is 0.294. The van der Waals surface area contributed by atoms with E-state index >= 15 is 0 Å². The molecule has 1 fully saturated rings. The van der Waals surface area contributed by atoms with Crippen molar-refractivity contribution in [1.29, 1.82) is 0 Å². The number of amides is 2. The molecule has 0 aliphatic carbocycles. The number of carbonyl (C=O) groups is 2. The van der Waals surface area contributed by atoms with Crippen molar-refractivity contribution in [2.24, 2.45) is 11.7 Å². The van der Waals surface area contributed by atoms with Crippen LogP contribution >= 0.6 is 0 Å². The molecule has 0 bridgehead atoms. The van der Waals surface area contributed by atoms with Gasteiger partial charge in [0.05, 0.1) is 12.0 Å². The van der Waals surface area contributed by atoms with Gasteiger partial charge >= 0.3 is 0 Å². The van der Waals surface area contributed by atoms with Crippen LogP contribution in [0.3, 0.4) is 0 Å². The summed E-state index contributed by atoms with van der Waals surface area (Å²) >= 11 is 0. The van der Waals surface area contributed by atoms with Crippen LogP contribution in [0.4, 0.5) is 0 Å². The fourth-order valence-electron chi connectivity index (χ4n) is 2.94. The van der Waals surface area contributed by atoms with Gasteiger partial charge < -0.3 is 10.6 Å². The van der Waals surface area contributed by atoms with Crippen molar-refractivity contribution in [3.63, 3.8) is 0 Å². The largest absolute Gasteiger partial charge is 0.369 e. The Balaban J connectivity index is 1.88. The van der Waals surface area contributed by atoms with Crippen LogP contribution in [0.5, 0.6) is 0 Å². The number of carbonyl (C=O) groups excluding carboxylic acids is 2. The minimum absolute atomic E-state index is 0.000501. The second-order valence-electron chi connectivity index (χ2n) is 5.63. The molecule has 2 atom stereocenters. The number of nitrogens with zero attached hydrogens (tertiary/aromatic N) is 1. The molecule has 3 rings (SSSR count). The third-order valence-electron chi connectivity index (χ3n) is 4.28. The first-order valence-electron chi connectivity index (χ1n) is 7.14. The highest BCUT2D eigenvalue weighted by atomic mass is 16.2. The predicted molar refractivity (Wildman–Crippen MR) is 81.4 cm³/mol. The van der Waals surface area contributed by atoms with Crippen LogP contribution in [0.1, 0.15) is 24.9 Å². The first-order chi connectivity index (χ1) is 10.1. The van der Waals surface area contributed by atoms with Crippen LogP contribution in [-0.4, -0.2) is 23.3 Å². The maximum absolute atomic E-state index is 12.1. The van der Waals surface area contributed by atoms with Gasteiger partial charge in [0.2, 0.25) is 11.8 Å². The van der Waals surface area contributed by atoms with Gasteiger partial charge in [0, 0.05) is 13.0 Å². The molecule has 4 heteroatoms. The lowest BCUT2D eigenvalue weighted by atomic mass is 10.0. The standard InChI is InChI=1S/C17H18N2O2/c1-11(19-10-15(17(18)21)9-16(19)20)13-7-6-12-4-2-3-5-14(12)8-13/h2-8,11,15H,9-10H2,1H3,(H2,18,21)/t11-,15?/m0/s1. The first kappa shape index (κ1) is 13.6. The number of hydrogen-bond donors (Lipinski definition) is 1. The van der Waals surface area contributed by atoms with Gasteiger partial charge in [-0.25, -0.2) is 0 Å². The SMILES string of the molecule is C[C@@H](c1ccc2ccccc2c1)N1CC(C(N)=O)CC1=O. The molecule has 1 saturated heterocycles. The predicted octanol–water partition coefficient (Wildman–Crippen LogP) is 2.23. The Bertz CT molecular complexity index is 711. The van der Waals surface area contributed by atoms with Crippen LogP contribution in [0.25, 0.3) is 10.8 Å². The van der Waals surface area contributed by atoms with Gasteiger partial charge in [-0.1, -0.05) is 36.4 Å². The third-order valence-corrected chi connectivity index (χ3v) is 4.28. The monoisotopic (exact) mass is 282 g/mol. The Morgan fingerprint density at radius 1 is 1.24 bits per heavy atom. The highest BCUT2D eigenvalue weighted by Crippen LogP contribution is 2.30. The van der Waals surface area contributed by atoms with Gasteiger partial charge in [-0.2, -0.15) is 0 Å². The highest BCUT2D eigenvalue weighted by Gasteiger charge is 2.35. The average Bonchev–Trinajstić information content (AvgIpc) is 2.88. The molecule has 1 unspecified atom stereocenters. The molecule has 108 valence electrons. The molecular weight excluding hydrogens is 264 g/mol. The quantitative estimate of drug-likeness (QED) is 0.938. The Morgan fingerprint density at radius 3 is 2.62 bits per heavy atom. The van der Waals surface area contributed by atoms with E-state index in [0.717, 1.165) is 10.9 Å². The summed E-state index contributed by atoms with van der Waals surface area (Å²) in [6.45, 7) is 2.41. The number of nitrogens with two attached hydrogens (primary N) is 1. The van der Waals surface area contributed by atoms with Crippen molar-refractivity contribution in [3.05, 3.63) is 48.0 Å². The van der Waals surface area contributed by atoms with E-state index in [1.54, 1.807) is 4.90 Å². The molecule has 2 N–H and O–H groups in total. The average molecular weight is 282 g/mol. The van der Waals surface area contributed by atoms with Crippen molar-refractivity contribution in [1.82, 2.24) is 4.90 Å². The summed E-state index contributed by atoms with van der Waals surface area (Å²) in [4.78, 5) is 25.1. The molecule has 1 aliphatic rings. The van der Waals surface area contributed by atoms with Crippen molar-refractivity contribution in [3.8, 4) is 0 Å². The number of benzene rings is 2. The lowest BCUT2D eigenvalue weighted by Gasteiger charge is -2.25. The zero-order valence-electron chi connectivity index (χ0n) is 12.0. The van der Waals surface area contributed by atoms with Crippen LogP contribution in [0.2, 0.25) is 0 Å². The topological polar surface area (TPSA) is 63.4 Å². The number of primary amides is 1. The Morgan fingerprint density at radius 2 is 1.95 bits per heavy atom. The van der Waals surface area contributed by atoms with E-state index in [-0.39, 0.29) is 24.3 Å². The van der Waals surface area contributed by atoms with E-state index in [4.69, 9.17) is 5.73 Å². The molecular formula is C17H18N2O2. The highest BCUT2D eigenvalue weighted by molar-refractivity contribution is 5.89. The van der Waals surface area contributed by atoms with Crippen LogP contribution in [0, 0.1) is 5.92 Å². The van der Waals surface area contributed by atoms with Crippen molar-refractivity contribution >= 4 is 22.6 Å². The van der Waals surface area contributed by atoms with Gasteiger partial charge in [0.25, 0.3) is 0 Å². The molecule has 4 nitrogen and oxygen atoms in total. The fourth-order valence-corrected chi connectivity index (χ4v) is 2.94. The summed E-state index contributed by atoms with van der Waals surface area (Å²) < 4.78 is 0. The molecule has 2 aromatic rings. The minimum atomic E-state index is -0.392. The van der Waals surface area contributed by atoms with Gasteiger partial charge in [-0.05, 0) is 29.3 Å². The molecule has 0 saturated carbocycles. The van der Waals surface area contributed by atoms with E-state index in [1.807, 2.05) is 25.1 Å². The number of fused-ring (bicyclic) bond motifs is 1. The van der Waals surface area contributed by atoms with Crippen molar-refractivity contribution < 1.29 is 9.59 Å². The summed E-state index contributed by atoms with van der Waals surface area (Å²) in [5, 5.41) is 2.33. The van der Waals surface area contributed by atoms with Gasteiger partial charge in [-0.3, -0.25) is 9.59 Å². The molecule has 1 heterocycles. The third kappa shape index (κ3) is 2.49. The maximum atomic E-state index is 12.1. The van der Waals surface area contributed by atoms with Gasteiger partial charge in [0.1, 0.15) is 0 Å². The van der Waals surface area contributed by atoms with E-state index in [9.17, 15) is 9.59 Å². The lowest BCUT2D eigenvalue weighted by Crippen LogP contribution is -2.30. The van der Waals surface area contributed by atoms with Crippen molar-refractivity contribution in [2.45, 2.75) is 19.4 Å². The van der Waals surface area contributed by atoms with E-state index < -0.39 is 5.91 Å². The number of likely N-dealkylation sites (tertiary alicyclic amines) is 1. The Kier molecular flexibility index (Phi) is 3.37. The van der Waals surface area contributed by atoms with Crippen molar-refractivity contribution in [2.75, 3.05) is 6.54 Å². The number of hydrogen-bond acceptors (Lipinski definition) is 2. The zero-order chi connectivity index (χ0) is 15.0. The molecule has 21 heavy (non-hydrogen) atoms. The second kappa shape index (κ2) is 5.20. The minimum Gasteiger partial charge on any atom is -0.369 e. The molecule has 2 amide bonds. The summed E-state index contributed by atoms with van der Waals surface area (Å²) in [5.41, 5.74) is 6.39. The first-order valence-corrected chi connectivity index (χ1v) is 7.14. The van der Waals surface area contributed by atoms with Crippen LogP contribution in [-0.2, 0) is 9.59 Å². The maximum Gasteiger partial charge on any atom is 0.223 e. The lowest BCUT2D eigenvalue weighted by molar-refractivity contribution is -0.130. The Hall–Kier alpha value is -2.36. The van der Waals surface area contributed by atoms with Crippen LogP contribution in [0.15, 0.2) is 42.5 Å².